The van der Waals surface area contributed by atoms with Crippen LogP contribution < -0.4 is 0 Å². The van der Waals surface area contributed by atoms with Gasteiger partial charge in [0.25, 0.3) is 0 Å². The first-order valence-electron chi connectivity index (χ1n) is 11.8. The predicted octanol–water partition coefficient (Wildman–Crippen LogP) is 4.28. The molecule has 4 rings (SSSR count). The van der Waals surface area contributed by atoms with Crippen LogP contribution in [-0.2, 0) is 18.4 Å². The Hall–Kier alpha value is -3.75. The van der Waals surface area contributed by atoms with Crippen LogP contribution in [0.4, 0.5) is 0 Å². The standard InChI is InChI=1S/C29H28O4Si2/c30-28(26(22-13-5-1-6-14-22)23-15-7-2-8-16-23)32-34-21-35-33-29(31)27(24-17-9-3-10-18-24)25-19-11-4-12-20-25/h1-20,26-27H,21,34-35H2. The van der Waals surface area contributed by atoms with E-state index in [1.54, 1.807) is 0 Å². The summed E-state index contributed by atoms with van der Waals surface area (Å²) in [5.74, 6) is -1.37. The van der Waals surface area contributed by atoms with Crippen LogP contribution in [0, 0.1) is 0 Å². The largest absolute Gasteiger partial charge is 0.524 e. The van der Waals surface area contributed by atoms with E-state index < -0.39 is 31.4 Å². The number of hydrogen-bond donors (Lipinski definition) is 0. The van der Waals surface area contributed by atoms with Crippen molar-refractivity contribution in [3.8, 4) is 0 Å². The van der Waals surface area contributed by atoms with Crippen LogP contribution in [0.5, 0.6) is 0 Å². The van der Waals surface area contributed by atoms with E-state index in [2.05, 4.69) is 0 Å². The SMILES string of the molecule is O=C(O[SiH2]C[SiH2]OC(=O)C(c1ccccc1)c1ccccc1)C(c1ccccc1)c1ccccc1. The molecule has 0 aliphatic rings. The van der Waals surface area contributed by atoms with E-state index in [1.807, 2.05) is 121 Å². The van der Waals surface area contributed by atoms with Crippen molar-refractivity contribution < 1.29 is 18.4 Å². The number of carbonyl (C=O) groups is 2. The van der Waals surface area contributed by atoms with Crippen molar-refractivity contribution in [1.82, 2.24) is 0 Å². The normalized spacial score (nSPS) is 11.5. The fourth-order valence-electron chi connectivity index (χ4n) is 4.08. The van der Waals surface area contributed by atoms with Gasteiger partial charge in [0.05, 0.1) is 0 Å². The molecule has 0 amide bonds. The first kappa shape index (κ1) is 24.4. The molecule has 0 heterocycles. The molecule has 6 heteroatoms. The van der Waals surface area contributed by atoms with Gasteiger partial charge in [-0.05, 0) is 27.9 Å². The summed E-state index contributed by atoms with van der Waals surface area (Å²) in [4.78, 5) is 26.1. The van der Waals surface area contributed by atoms with Gasteiger partial charge in [-0.25, -0.2) is 0 Å². The lowest BCUT2D eigenvalue weighted by Gasteiger charge is -2.18. The third kappa shape index (κ3) is 6.65. The van der Waals surface area contributed by atoms with E-state index in [-0.39, 0.29) is 11.9 Å². The van der Waals surface area contributed by atoms with E-state index in [0.29, 0.717) is 5.67 Å². The van der Waals surface area contributed by atoms with Gasteiger partial charge in [0.1, 0.15) is 11.8 Å². The molecule has 0 aliphatic carbocycles. The molecule has 0 bridgehead atoms. The zero-order chi connectivity index (χ0) is 24.3. The molecule has 0 saturated carbocycles. The molecule has 0 aliphatic heterocycles. The Labute approximate surface area is 210 Å². The van der Waals surface area contributed by atoms with E-state index in [4.69, 9.17) is 8.85 Å². The molecular formula is C29H28O4Si2. The highest BCUT2D eigenvalue weighted by molar-refractivity contribution is 6.50. The minimum absolute atomic E-state index is 0.235. The highest BCUT2D eigenvalue weighted by atomic mass is 28.3. The van der Waals surface area contributed by atoms with Crippen LogP contribution in [0.25, 0.3) is 0 Å². The molecule has 0 N–H and O–H groups in total. The Balaban J connectivity index is 1.34. The van der Waals surface area contributed by atoms with Crippen LogP contribution in [0.1, 0.15) is 34.1 Å². The van der Waals surface area contributed by atoms with Crippen molar-refractivity contribution in [2.45, 2.75) is 17.5 Å². The maximum Gasteiger partial charge on any atom is 0.304 e. The fourth-order valence-corrected chi connectivity index (χ4v) is 6.44. The van der Waals surface area contributed by atoms with Crippen molar-refractivity contribution in [1.29, 1.82) is 0 Å². The molecule has 4 nitrogen and oxygen atoms in total. The van der Waals surface area contributed by atoms with E-state index in [0.717, 1.165) is 22.3 Å². The lowest BCUT2D eigenvalue weighted by molar-refractivity contribution is -0.135. The average molecular weight is 497 g/mol. The van der Waals surface area contributed by atoms with Crippen LogP contribution in [0.2, 0.25) is 5.67 Å². The molecule has 0 unspecified atom stereocenters. The van der Waals surface area contributed by atoms with Gasteiger partial charge in [0, 0.05) is 0 Å². The zero-order valence-corrected chi connectivity index (χ0v) is 22.3. The molecule has 0 saturated heterocycles. The third-order valence-electron chi connectivity index (χ3n) is 5.78. The Morgan fingerprint density at radius 3 is 1.00 bits per heavy atom. The van der Waals surface area contributed by atoms with Gasteiger partial charge in [0.2, 0.25) is 19.5 Å². The van der Waals surface area contributed by atoms with Crippen LogP contribution in [-0.4, -0.2) is 31.5 Å². The molecular weight excluding hydrogens is 468 g/mol. The van der Waals surface area contributed by atoms with Gasteiger partial charge >= 0.3 is 11.9 Å². The first-order chi connectivity index (χ1) is 17.2. The summed E-state index contributed by atoms with van der Waals surface area (Å²) in [7, 11) is -2.29. The molecule has 0 radical (unpaired) electrons. The summed E-state index contributed by atoms with van der Waals surface area (Å²) in [5.41, 5.74) is 4.35. The molecule has 0 spiro atoms. The van der Waals surface area contributed by atoms with Crippen LogP contribution in [0.3, 0.4) is 0 Å². The highest BCUT2D eigenvalue weighted by Crippen LogP contribution is 2.27. The summed E-state index contributed by atoms with van der Waals surface area (Å²) in [5, 5.41) is 0. The monoisotopic (exact) mass is 496 g/mol. The van der Waals surface area contributed by atoms with Gasteiger partial charge in [0.15, 0.2) is 0 Å². The zero-order valence-electron chi connectivity index (χ0n) is 19.5. The summed E-state index contributed by atoms with van der Waals surface area (Å²) in [6.07, 6.45) is 0. The van der Waals surface area contributed by atoms with Gasteiger partial charge in [-0.3, -0.25) is 9.59 Å². The number of carbonyl (C=O) groups excluding carboxylic acids is 2. The molecule has 0 fully saturated rings. The molecule has 0 aromatic heterocycles. The topological polar surface area (TPSA) is 52.6 Å². The molecule has 176 valence electrons. The van der Waals surface area contributed by atoms with E-state index >= 15 is 0 Å². The van der Waals surface area contributed by atoms with Gasteiger partial charge < -0.3 is 8.85 Å². The Kier molecular flexibility index (Phi) is 8.81. The smallest absolute Gasteiger partial charge is 0.304 e. The minimum Gasteiger partial charge on any atom is -0.524 e. The predicted molar refractivity (Wildman–Crippen MR) is 144 cm³/mol. The minimum atomic E-state index is -1.15. The van der Waals surface area contributed by atoms with E-state index in [9.17, 15) is 9.59 Å². The van der Waals surface area contributed by atoms with Crippen molar-refractivity contribution in [3.05, 3.63) is 144 Å². The number of hydrogen-bond acceptors (Lipinski definition) is 4. The van der Waals surface area contributed by atoms with Crippen LogP contribution in [0.15, 0.2) is 121 Å². The van der Waals surface area contributed by atoms with Gasteiger partial charge in [-0.1, -0.05) is 121 Å². The number of rotatable bonds is 10. The Morgan fingerprint density at radius 1 is 0.486 bits per heavy atom. The maximum absolute atomic E-state index is 13.0. The van der Waals surface area contributed by atoms with Gasteiger partial charge in [-0.2, -0.15) is 0 Å². The van der Waals surface area contributed by atoms with Gasteiger partial charge in [-0.15, -0.1) is 0 Å². The Bertz CT molecular complexity index is 1030. The molecule has 35 heavy (non-hydrogen) atoms. The summed E-state index contributed by atoms with van der Waals surface area (Å²) >= 11 is 0. The van der Waals surface area contributed by atoms with Crippen LogP contribution >= 0.6 is 0 Å². The quantitative estimate of drug-likeness (QED) is 0.243. The highest BCUT2D eigenvalue weighted by Gasteiger charge is 2.25. The first-order valence-corrected chi connectivity index (χ1v) is 14.9. The lowest BCUT2D eigenvalue weighted by atomic mass is 9.91. The second kappa shape index (κ2) is 12.6. The lowest BCUT2D eigenvalue weighted by Crippen LogP contribution is -2.22. The second-order valence-corrected chi connectivity index (χ2v) is 12.4. The Morgan fingerprint density at radius 2 is 0.743 bits per heavy atom. The summed E-state index contributed by atoms with van der Waals surface area (Å²) < 4.78 is 11.5. The summed E-state index contributed by atoms with van der Waals surface area (Å²) in [6.45, 7) is 0. The molecule has 4 aromatic rings. The number of benzene rings is 4. The van der Waals surface area contributed by atoms with Crippen molar-refractivity contribution in [3.63, 3.8) is 0 Å². The second-order valence-electron chi connectivity index (χ2n) is 8.20. The maximum atomic E-state index is 13.0. The van der Waals surface area contributed by atoms with Crippen molar-refractivity contribution in [2.75, 3.05) is 0 Å². The average Bonchev–Trinajstić information content (AvgIpc) is 2.91. The molecule has 4 aromatic carbocycles. The van der Waals surface area contributed by atoms with Crippen molar-refractivity contribution in [2.24, 2.45) is 0 Å². The third-order valence-corrected chi connectivity index (χ3v) is 9.07. The summed E-state index contributed by atoms with van der Waals surface area (Å²) in [6, 6.07) is 38.8. The van der Waals surface area contributed by atoms with Crippen molar-refractivity contribution >= 4 is 31.5 Å². The van der Waals surface area contributed by atoms with E-state index in [1.165, 1.54) is 0 Å². The molecule has 0 atom stereocenters. The fraction of sp³-hybridized carbons (Fsp3) is 0.103.